The van der Waals surface area contributed by atoms with E-state index in [1.54, 1.807) is 50.2 Å². The Morgan fingerprint density at radius 1 is 1.23 bits per heavy atom. The molecule has 206 valence electrons. The zero-order valence-corrected chi connectivity index (χ0v) is 23.1. The summed E-state index contributed by atoms with van der Waals surface area (Å²) in [6, 6.07) is 10.9. The number of carbonyl (C=O) groups excluding carboxylic acids is 2. The fraction of sp³-hybridized carbons (Fsp3) is 0.308. The van der Waals surface area contributed by atoms with Crippen LogP contribution in [0.15, 0.2) is 57.2 Å². The number of carbonyl (C=O) groups is 2. The highest BCUT2D eigenvalue weighted by molar-refractivity contribution is 9.10. The number of hydrogen-bond donors (Lipinski definition) is 4. The molecule has 2 aromatic carbocycles. The van der Waals surface area contributed by atoms with Crippen LogP contribution in [0, 0.1) is 11.3 Å². The second kappa shape index (κ2) is 14.0. The van der Waals surface area contributed by atoms with Gasteiger partial charge in [0.1, 0.15) is 18.4 Å². The fourth-order valence-electron chi connectivity index (χ4n) is 3.64. The van der Waals surface area contributed by atoms with Crippen molar-refractivity contribution in [2.24, 2.45) is 5.10 Å². The number of amides is 2. The highest BCUT2D eigenvalue weighted by Crippen LogP contribution is 2.35. The van der Waals surface area contributed by atoms with Crippen molar-refractivity contribution >= 4 is 34.1 Å². The van der Waals surface area contributed by atoms with Gasteiger partial charge in [-0.2, -0.15) is 10.4 Å². The summed E-state index contributed by atoms with van der Waals surface area (Å²) in [7, 11) is 1.27. The molecule has 2 atom stereocenters. The van der Waals surface area contributed by atoms with Gasteiger partial charge in [-0.3, -0.25) is 5.43 Å². The van der Waals surface area contributed by atoms with Gasteiger partial charge in [-0.05, 0) is 71.2 Å². The number of esters is 1. The summed E-state index contributed by atoms with van der Waals surface area (Å²) >= 11 is 3.37. The first-order chi connectivity index (χ1) is 18.8. The van der Waals surface area contributed by atoms with E-state index in [1.807, 2.05) is 6.07 Å². The standard InChI is InChI=1S/C26H28BrN5O7/c1-4-37-21-12-17(24-23(25(34)36-3)15(2)30-26(35)31-24)6-8-20(21)39-14-22(33)32-29-13-16-5-7-19(18(27)11-16)38-10-9-28/h5-8,11-13,22,24,32-33H,4,10,14H2,1-3H3,(H2,30,31,35)/b29-13-/t22-,24-/m0/s1. The van der Waals surface area contributed by atoms with Crippen molar-refractivity contribution in [3.05, 3.63) is 63.3 Å². The van der Waals surface area contributed by atoms with Crippen molar-refractivity contribution in [2.45, 2.75) is 26.1 Å². The van der Waals surface area contributed by atoms with Crippen LogP contribution in [0.3, 0.4) is 0 Å². The number of nitriles is 1. The molecular formula is C26H28BrN5O7. The zero-order valence-electron chi connectivity index (χ0n) is 21.5. The maximum absolute atomic E-state index is 12.4. The first kappa shape index (κ1) is 29.3. The van der Waals surface area contributed by atoms with E-state index >= 15 is 0 Å². The predicted molar refractivity (Wildman–Crippen MR) is 144 cm³/mol. The normalized spacial score (nSPS) is 15.6. The Morgan fingerprint density at radius 3 is 2.69 bits per heavy atom. The molecule has 0 radical (unpaired) electrons. The van der Waals surface area contributed by atoms with Gasteiger partial charge >= 0.3 is 12.0 Å². The molecule has 0 aliphatic carbocycles. The van der Waals surface area contributed by atoms with E-state index in [1.165, 1.54) is 13.3 Å². The van der Waals surface area contributed by atoms with E-state index in [4.69, 9.17) is 24.2 Å². The van der Waals surface area contributed by atoms with Gasteiger partial charge in [-0.25, -0.2) is 9.59 Å². The van der Waals surface area contributed by atoms with Crippen molar-refractivity contribution in [3.63, 3.8) is 0 Å². The molecule has 13 heteroatoms. The second-order valence-electron chi connectivity index (χ2n) is 8.05. The Morgan fingerprint density at radius 2 is 2.00 bits per heavy atom. The number of hydrogen-bond acceptors (Lipinski definition) is 10. The average Bonchev–Trinajstić information content (AvgIpc) is 2.91. The zero-order chi connectivity index (χ0) is 28.4. The van der Waals surface area contributed by atoms with Crippen LogP contribution < -0.4 is 30.3 Å². The first-order valence-corrected chi connectivity index (χ1v) is 12.6. The predicted octanol–water partition coefficient (Wildman–Crippen LogP) is 2.87. The third kappa shape index (κ3) is 7.86. The molecule has 0 saturated carbocycles. The van der Waals surface area contributed by atoms with E-state index in [9.17, 15) is 14.7 Å². The van der Waals surface area contributed by atoms with Gasteiger partial charge in [0.2, 0.25) is 0 Å². The maximum Gasteiger partial charge on any atom is 0.337 e. The van der Waals surface area contributed by atoms with Gasteiger partial charge in [0.05, 0.1) is 36.0 Å². The van der Waals surface area contributed by atoms with Crippen LogP contribution in [0.2, 0.25) is 0 Å². The summed E-state index contributed by atoms with van der Waals surface area (Å²) in [4.78, 5) is 24.5. The molecule has 0 fully saturated rings. The van der Waals surface area contributed by atoms with Crippen LogP contribution in [0.5, 0.6) is 17.2 Å². The van der Waals surface area contributed by atoms with Crippen molar-refractivity contribution < 1.29 is 33.6 Å². The molecule has 1 aliphatic heterocycles. The van der Waals surface area contributed by atoms with E-state index in [2.05, 4.69) is 37.1 Å². The molecular weight excluding hydrogens is 574 g/mol. The van der Waals surface area contributed by atoms with Gasteiger partial charge < -0.3 is 34.7 Å². The Bertz CT molecular complexity index is 1310. The summed E-state index contributed by atoms with van der Waals surface area (Å²) in [6.45, 7) is 3.54. The molecule has 39 heavy (non-hydrogen) atoms. The van der Waals surface area contributed by atoms with E-state index in [-0.39, 0.29) is 18.8 Å². The molecule has 2 amide bonds. The molecule has 0 saturated heterocycles. The van der Waals surface area contributed by atoms with Crippen molar-refractivity contribution in [1.82, 2.24) is 16.1 Å². The van der Waals surface area contributed by atoms with Gasteiger partial charge in [-0.15, -0.1) is 0 Å². The number of aliphatic hydroxyl groups is 1. The van der Waals surface area contributed by atoms with Crippen LogP contribution in [-0.4, -0.2) is 56.5 Å². The molecule has 0 spiro atoms. The summed E-state index contributed by atoms with van der Waals surface area (Å²) in [5, 5.41) is 28.2. The minimum Gasteiger partial charge on any atom is -0.490 e. The van der Waals surface area contributed by atoms with Crippen molar-refractivity contribution in [3.8, 4) is 23.3 Å². The Kier molecular flexibility index (Phi) is 10.5. The lowest BCUT2D eigenvalue weighted by Gasteiger charge is -2.28. The van der Waals surface area contributed by atoms with E-state index < -0.39 is 24.3 Å². The topological polar surface area (TPSA) is 164 Å². The molecule has 12 nitrogen and oxygen atoms in total. The van der Waals surface area contributed by atoms with E-state index in [0.717, 1.165) is 5.56 Å². The van der Waals surface area contributed by atoms with E-state index in [0.29, 0.717) is 39.6 Å². The van der Waals surface area contributed by atoms with Crippen LogP contribution in [0.4, 0.5) is 4.79 Å². The number of rotatable bonds is 12. The molecule has 3 rings (SSSR count). The lowest BCUT2D eigenvalue weighted by atomic mass is 9.95. The number of halogens is 1. The number of nitrogens with one attached hydrogen (secondary N) is 3. The number of urea groups is 1. The van der Waals surface area contributed by atoms with Crippen LogP contribution in [0.25, 0.3) is 0 Å². The Balaban J connectivity index is 1.66. The largest absolute Gasteiger partial charge is 0.490 e. The molecule has 4 N–H and O–H groups in total. The van der Waals surface area contributed by atoms with Crippen molar-refractivity contribution in [1.29, 1.82) is 5.26 Å². The summed E-state index contributed by atoms with van der Waals surface area (Å²) < 4.78 is 22.3. The Labute approximate surface area is 233 Å². The third-order valence-corrected chi connectivity index (χ3v) is 5.98. The van der Waals surface area contributed by atoms with Crippen LogP contribution >= 0.6 is 15.9 Å². The minimum absolute atomic E-state index is 0.0621. The average molecular weight is 602 g/mol. The maximum atomic E-state index is 12.4. The number of hydrazone groups is 1. The number of ether oxygens (including phenoxy) is 4. The lowest BCUT2D eigenvalue weighted by molar-refractivity contribution is -0.136. The monoisotopic (exact) mass is 601 g/mol. The highest BCUT2D eigenvalue weighted by atomic mass is 79.9. The first-order valence-electron chi connectivity index (χ1n) is 11.8. The number of aliphatic hydroxyl groups excluding tert-OH is 1. The van der Waals surface area contributed by atoms with Gasteiger partial charge in [0, 0.05) is 5.70 Å². The number of benzene rings is 2. The number of nitrogens with zero attached hydrogens (tertiary/aromatic N) is 2. The molecule has 0 bridgehead atoms. The summed E-state index contributed by atoms with van der Waals surface area (Å²) in [5.74, 6) is 0.668. The molecule has 0 unspecified atom stereocenters. The highest BCUT2D eigenvalue weighted by Gasteiger charge is 2.32. The minimum atomic E-state index is -1.14. The fourth-order valence-corrected chi connectivity index (χ4v) is 4.16. The number of allylic oxidation sites excluding steroid dienone is 1. The second-order valence-corrected chi connectivity index (χ2v) is 8.91. The summed E-state index contributed by atoms with van der Waals surface area (Å²) in [6.07, 6.45) is 0.363. The van der Waals surface area contributed by atoms with Crippen molar-refractivity contribution in [2.75, 3.05) is 26.9 Å². The molecule has 2 aromatic rings. The smallest absolute Gasteiger partial charge is 0.337 e. The van der Waals surface area contributed by atoms with Gasteiger partial charge in [0.15, 0.2) is 24.3 Å². The van der Waals surface area contributed by atoms with Crippen LogP contribution in [0.1, 0.15) is 31.0 Å². The molecule has 0 aromatic heterocycles. The third-order valence-electron chi connectivity index (χ3n) is 5.36. The SMILES string of the molecule is CCOc1cc([C@@H]2NC(=O)NC(C)=C2C(=O)OC)ccc1OC[C@H](O)N/N=C\c1ccc(OCC#N)c(Br)c1. The van der Waals surface area contributed by atoms with Crippen LogP contribution in [-0.2, 0) is 9.53 Å². The lowest BCUT2D eigenvalue weighted by Crippen LogP contribution is -2.45. The summed E-state index contributed by atoms with van der Waals surface area (Å²) in [5.41, 5.74) is 4.54. The Hall–Kier alpha value is -4.28. The van der Waals surface area contributed by atoms with Gasteiger partial charge in [0.25, 0.3) is 0 Å². The molecule has 1 aliphatic rings. The molecule has 1 heterocycles. The number of methoxy groups -OCH3 is 1. The van der Waals surface area contributed by atoms with Gasteiger partial charge in [-0.1, -0.05) is 6.07 Å². The quantitative estimate of drug-likeness (QED) is 0.124.